The molecule has 1 aliphatic carbocycles. The van der Waals surface area contributed by atoms with Gasteiger partial charge in [0.25, 0.3) is 5.92 Å². The van der Waals surface area contributed by atoms with Crippen LogP contribution in [-0.2, 0) is 0 Å². The van der Waals surface area contributed by atoms with Crippen molar-refractivity contribution in [1.29, 1.82) is 0 Å². The van der Waals surface area contributed by atoms with E-state index in [1.165, 1.54) is 0 Å². The van der Waals surface area contributed by atoms with Crippen LogP contribution in [0.3, 0.4) is 0 Å². The first-order valence-electron chi connectivity index (χ1n) is 6.55. The number of para-hydroxylation sites is 1. The van der Waals surface area contributed by atoms with Gasteiger partial charge in [0.2, 0.25) is 0 Å². The fourth-order valence-corrected chi connectivity index (χ4v) is 3.14. The third-order valence-corrected chi connectivity index (χ3v) is 4.15. The summed E-state index contributed by atoms with van der Waals surface area (Å²) in [6, 6.07) is 7.93. The predicted octanol–water partition coefficient (Wildman–Crippen LogP) is 2.59. The van der Waals surface area contributed by atoms with Crippen LogP contribution in [0.5, 0.6) is 0 Å². The molecule has 0 bridgehead atoms. The van der Waals surface area contributed by atoms with Crippen LogP contribution in [-0.4, -0.2) is 25.6 Å². The molecule has 2 atom stereocenters. The SMILES string of the molecule is NCCN1CC[C@H]([C@@H]2CC2(F)F)c2ccccc21. The number of rotatable bonds is 3. The molecule has 1 aliphatic heterocycles. The molecule has 2 nitrogen and oxygen atoms in total. The summed E-state index contributed by atoms with van der Waals surface area (Å²) >= 11 is 0. The van der Waals surface area contributed by atoms with E-state index in [2.05, 4.69) is 4.90 Å². The lowest BCUT2D eigenvalue weighted by atomic mass is 9.86. The Balaban J connectivity index is 1.90. The molecule has 0 unspecified atom stereocenters. The summed E-state index contributed by atoms with van der Waals surface area (Å²) in [7, 11) is 0. The first-order chi connectivity index (χ1) is 8.63. The molecule has 98 valence electrons. The Morgan fingerprint density at radius 2 is 2.06 bits per heavy atom. The van der Waals surface area contributed by atoms with Crippen molar-refractivity contribution in [2.24, 2.45) is 11.7 Å². The predicted molar refractivity (Wildman–Crippen MR) is 68.1 cm³/mol. The molecule has 1 saturated carbocycles. The van der Waals surface area contributed by atoms with Gasteiger partial charge in [-0.05, 0) is 24.0 Å². The van der Waals surface area contributed by atoms with Gasteiger partial charge in [-0.3, -0.25) is 0 Å². The molecule has 18 heavy (non-hydrogen) atoms. The van der Waals surface area contributed by atoms with Crippen molar-refractivity contribution >= 4 is 5.69 Å². The van der Waals surface area contributed by atoms with E-state index in [4.69, 9.17) is 5.73 Å². The van der Waals surface area contributed by atoms with Crippen molar-refractivity contribution in [3.63, 3.8) is 0 Å². The summed E-state index contributed by atoms with van der Waals surface area (Å²) in [4.78, 5) is 2.21. The molecule has 0 spiro atoms. The van der Waals surface area contributed by atoms with Crippen LogP contribution in [0.2, 0.25) is 0 Å². The number of hydrogen-bond acceptors (Lipinski definition) is 2. The van der Waals surface area contributed by atoms with E-state index in [-0.39, 0.29) is 12.3 Å². The quantitative estimate of drug-likeness (QED) is 0.896. The van der Waals surface area contributed by atoms with Crippen LogP contribution in [0, 0.1) is 5.92 Å². The zero-order valence-electron chi connectivity index (χ0n) is 10.3. The largest absolute Gasteiger partial charge is 0.370 e. The van der Waals surface area contributed by atoms with E-state index in [1.54, 1.807) is 0 Å². The highest BCUT2D eigenvalue weighted by Gasteiger charge is 2.60. The van der Waals surface area contributed by atoms with Crippen LogP contribution in [0.1, 0.15) is 24.3 Å². The lowest BCUT2D eigenvalue weighted by Gasteiger charge is -2.35. The molecule has 0 amide bonds. The molecule has 0 aromatic heterocycles. The maximum atomic E-state index is 13.3. The first kappa shape index (κ1) is 11.9. The number of benzene rings is 1. The molecule has 1 fully saturated rings. The minimum Gasteiger partial charge on any atom is -0.370 e. The van der Waals surface area contributed by atoms with Gasteiger partial charge in [0.1, 0.15) is 0 Å². The maximum Gasteiger partial charge on any atom is 0.252 e. The first-order valence-corrected chi connectivity index (χ1v) is 6.55. The summed E-state index contributed by atoms with van der Waals surface area (Å²) in [6.45, 7) is 2.23. The highest BCUT2D eigenvalue weighted by atomic mass is 19.3. The molecule has 2 N–H and O–H groups in total. The van der Waals surface area contributed by atoms with Gasteiger partial charge in [-0.2, -0.15) is 0 Å². The van der Waals surface area contributed by atoms with E-state index < -0.39 is 11.8 Å². The number of anilines is 1. The standard InChI is InChI=1S/C14H18F2N2/c15-14(16)9-12(14)10-5-7-18(8-6-17)13-4-2-1-3-11(10)13/h1-4,10,12H,5-9,17H2/t10-,12-/m0/s1. The highest BCUT2D eigenvalue weighted by molar-refractivity contribution is 5.57. The number of fused-ring (bicyclic) bond motifs is 1. The van der Waals surface area contributed by atoms with Gasteiger partial charge in [0, 0.05) is 37.7 Å². The molecule has 1 aromatic carbocycles. The van der Waals surface area contributed by atoms with Crippen molar-refractivity contribution < 1.29 is 8.78 Å². The zero-order chi connectivity index (χ0) is 12.8. The molecule has 0 radical (unpaired) electrons. The molecule has 1 aromatic rings. The van der Waals surface area contributed by atoms with Crippen LogP contribution >= 0.6 is 0 Å². The number of nitrogens with zero attached hydrogens (tertiary/aromatic N) is 1. The molecule has 3 rings (SSSR count). The van der Waals surface area contributed by atoms with Gasteiger partial charge >= 0.3 is 0 Å². The third kappa shape index (κ3) is 1.88. The van der Waals surface area contributed by atoms with Crippen LogP contribution in [0.4, 0.5) is 14.5 Å². The monoisotopic (exact) mass is 252 g/mol. The van der Waals surface area contributed by atoms with Gasteiger partial charge < -0.3 is 10.6 Å². The minimum absolute atomic E-state index is 0.0187. The fourth-order valence-electron chi connectivity index (χ4n) is 3.14. The summed E-state index contributed by atoms with van der Waals surface area (Å²) in [5.41, 5.74) is 7.79. The number of alkyl halides is 2. The Bertz CT molecular complexity index is 447. The van der Waals surface area contributed by atoms with Crippen LogP contribution in [0.15, 0.2) is 24.3 Å². The fraction of sp³-hybridized carbons (Fsp3) is 0.571. The number of halogens is 2. The van der Waals surface area contributed by atoms with E-state index >= 15 is 0 Å². The Labute approximate surface area is 106 Å². The normalized spacial score (nSPS) is 28.9. The van der Waals surface area contributed by atoms with E-state index in [0.717, 1.165) is 30.8 Å². The zero-order valence-corrected chi connectivity index (χ0v) is 10.3. The molecule has 0 saturated heterocycles. The van der Waals surface area contributed by atoms with Gasteiger partial charge in [0.15, 0.2) is 0 Å². The second-order valence-corrected chi connectivity index (χ2v) is 5.30. The second kappa shape index (κ2) is 4.19. The van der Waals surface area contributed by atoms with Crippen LogP contribution < -0.4 is 10.6 Å². The van der Waals surface area contributed by atoms with Crippen molar-refractivity contribution in [2.75, 3.05) is 24.5 Å². The molecule has 1 heterocycles. The van der Waals surface area contributed by atoms with Crippen molar-refractivity contribution in [2.45, 2.75) is 24.7 Å². The van der Waals surface area contributed by atoms with E-state index in [0.29, 0.717) is 6.54 Å². The molecular formula is C14H18F2N2. The molecular weight excluding hydrogens is 234 g/mol. The second-order valence-electron chi connectivity index (χ2n) is 5.30. The number of hydrogen-bond donors (Lipinski definition) is 1. The Hall–Kier alpha value is -1.16. The van der Waals surface area contributed by atoms with E-state index in [1.807, 2.05) is 24.3 Å². The highest BCUT2D eigenvalue weighted by Crippen LogP contribution is 2.58. The minimum atomic E-state index is -2.44. The summed E-state index contributed by atoms with van der Waals surface area (Å²) in [6.07, 6.45) is 0.875. The maximum absolute atomic E-state index is 13.3. The smallest absolute Gasteiger partial charge is 0.252 e. The lowest BCUT2D eigenvalue weighted by Crippen LogP contribution is -2.35. The van der Waals surface area contributed by atoms with Crippen LogP contribution in [0.25, 0.3) is 0 Å². The summed E-state index contributed by atoms with van der Waals surface area (Å²) in [5.74, 6) is -2.86. The molecule has 2 aliphatic rings. The topological polar surface area (TPSA) is 29.3 Å². The lowest BCUT2D eigenvalue weighted by molar-refractivity contribution is 0.0917. The van der Waals surface area contributed by atoms with Crippen molar-refractivity contribution in [3.8, 4) is 0 Å². The number of nitrogens with two attached hydrogens (primary N) is 1. The summed E-state index contributed by atoms with van der Waals surface area (Å²) < 4.78 is 26.6. The average molecular weight is 252 g/mol. The van der Waals surface area contributed by atoms with Gasteiger partial charge in [-0.25, -0.2) is 8.78 Å². The third-order valence-electron chi connectivity index (χ3n) is 4.15. The van der Waals surface area contributed by atoms with Crippen molar-refractivity contribution in [1.82, 2.24) is 0 Å². The Kier molecular flexibility index (Phi) is 2.77. The summed E-state index contributed by atoms with van der Waals surface area (Å²) in [5, 5.41) is 0. The van der Waals surface area contributed by atoms with Gasteiger partial charge in [0.05, 0.1) is 0 Å². The van der Waals surface area contributed by atoms with Crippen molar-refractivity contribution in [3.05, 3.63) is 29.8 Å². The van der Waals surface area contributed by atoms with E-state index in [9.17, 15) is 8.78 Å². The Morgan fingerprint density at radius 3 is 2.72 bits per heavy atom. The van der Waals surface area contributed by atoms with Gasteiger partial charge in [-0.15, -0.1) is 0 Å². The average Bonchev–Trinajstić information content (AvgIpc) is 2.99. The Morgan fingerprint density at radius 1 is 1.33 bits per heavy atom. The molecule has 4 heteroatoms. The van der Waals surface area contributed by atoms with Gasteiger partial charge in [-0.1, -0.05) is 18.2 Å².